The molecule has 1 aliphatic rings. The molecule has 1 fully saturated rings. The molecule has 0 radical (unpaired) electrons. The van der Waals surface area contributed by atoms with Crippen LogP contribution in [0.25, 0.3) is 0 Å². The number of aliphatic hydroxyl groups excluding tert-OH is 4. The molecule has 1 saturated heterocycles. The Bertz CT molecular complexity index is 1070. The second kappa shape index (κ2) is 37.6. The molecule has 1 rings (SSSR count). The summed E-state index contributed by atoms with van der Waals surface area (Å²) in [7, 11) is -5.07. The fourth-order valence-electron chi connectivity index (χ4n) is 8.11. The van der Waals surface area contributed by atoms with Crippen molar-refractivity contribution in [2.45, 2.75) is 275 Å². The fourth-order valence-corrected chi connectivity index (χ4v) is 8.62. The Hall–Kier alpha value is -0.900. The van der Waals surface area contributed by atoms with Crippen LogP contribution in [-0.4, -0.2) is 95.4 Å². The normalized spacial score (nSPS) is 20.8. The van der Waals surface area contributed by atoms with Crippen LogP contribution in [0.3, 0.4) is 0 Å². The van der Waals surface area contributed by atoms with Gasteiger partial charge in [-0.05, 0) is 12.8 Å². The largest absolute Gasteiger partial charge is 0.397 e. The van der Waals surface area contributed by atoms with Crippen molar-refractivity contribution in [3.05, 3.63) is 0 Å². The molecule has 7 atom stereocenters. The maximum atomic E-state index is 13.0. The molecule has 13 heteroatoms. The van der Waals surface area contributed by atoms with Crippen LogP contribution in [0.15, 0.2) is 0 Å². The van der Waals surface area contributed by atoms with Gasteiger partial charge in [0.25, 0.3) is 0 Å². The third kappa shape index (κ3) is 30.7. The van der Waals surface area contributed by atoms with Crippen LogP contribution in [-0.2, 0) is 28.9 Å². The predicted molar refractivity (Wildman–Crippen MR) is 236 cm³/mol. The van der Waals surface area contributed by atoms with E-state index >= 15 is 0 Å². The highest BCUT2D eigenvalue weighted by atomic mass is 32.3. The highest BCUT2D eigenvalue weighted by Crippen LogP contribution is 2.26. The van der Waals surface area contributed by atoms with Crippen molar-refractivity contribution in [2.75, 3.05) is 13.2 Å². The van der Waals surface area contributed by atoms with Crippen molar-refractivity contribution in [3.8, 4) is 0 Å². The number of amides is 1. The van der Waals surface area contributed by atoms with E-state index in [1.165, 1.54) is 154 Å². The lowest BCUT2D eigenvalue weighted by molar-refractivity contribution is -0.298. The van der Waals surface area contributed by atoms with Gasteiger partial charge < -0.3 is 35.2 Å². The molecular weight excluding hydrogens is 775 g/mol. The Morgan fingerprint density at radius 2 is 0.983 bits per heavy atom. The smallest absolute Gasteiger partial charge is 0.394 e. The van der Waals surface area contributed by atoms with E-state index in [2.05, 4.69) is 23.3 Å². The number of carbonyl (C=O) groups excluding carboxylic acids is 1. The first-order chi connectivity index (χ1) is 28.5. The zero-order chi connectivity index (χ0) is 43.4. The van der Waals surface area contributed by atoms with Crippen molar-refractivity contribution < 1.29 is 51.8 Å². The minimum Gasteiger partial charge on any atom is -0.394 e. The van der Waals surface area contributed by atoms with Crippen LogP contribution in [0, 0.1) is 0 Å². The molecule has 6 N–H and O–H groups in total. The van der Waals surface area contributed by atoms with Gasteiger partial charge in [0.15, 0.2) is 6.29 Å². The van der Waals surface area contributed by atoms with Crippen LogP contribution in [0.4, 0.5) is 0 Å². The van der Waals surface area contributed by atoms with Crippen LogP contribution < -0.4 is 5.32 Å². The van der Waals surface area contributed by atoms with Crippen molar-refractivity contribution in [3.63, 3.8) is 0 Å². The molecule has 352 valence electrons. The fraction of sp³-hybridized carbons (Fsp3) is 0.978. The van der Waals surface area contributed by atoms with E-state index in [0.29, 0.717) is 12.8 Å². The number of nitrogens with one attached hydrogen (secondary N) is 1. The minimum atomic E-state index is -5.07. The molecule has 12 nitrogen and oxygen atoms in total. The summed E-state index contributed by atoms with van der Waals surface area (Å²) in [6.45, 7) is 3.46. The highest BCUT2D eigenvalue weighted by Gasteiger charge is 2.48. The van der Waals surface area contributed by atoms with E-state index in [4.69, 9.17) is 9.47 Å². The van der Waals surface area contributed by atoms with E-state index in [0.717, 1.165) is 51.4 Å². The SMILES string of the molecule is CCCCCCCCCCCCCCCCCCCCCC(O)C(COC1OC(CO)C(O)C(OS(=O)(=O)O)C1O)NC(=O)CCCCCCCCCCCCCCC. The molecule has 0 spiro atoms. The van der Waals surface area contributed by atoms with Gasteiger partial charge in [-0.3, -0.25) is 9.35 Å². The molecule has 0 aromatic heterocycles. The quantitative estimate of drug-likeness (QED) is 0.0253. The Kier molecular flexibility index (Phi) is 35.8. The maximum Gasteiger partial charge on any atom is 0.397 e. The van der Waals surface area contributed by atoms with E-state index in [1.54, 1.807) is 0 Å². The molecule has 59 heavy (non-hydrogen) atoms. The van der Waals surface area contributed by atoms with Crippen LogP contribution in [0.5, 0.6) is 0 Å². The maximum absolute atomic E-state index is 13.0. The van der Waals surface area contributed by atoms with Gasteiger partial charge in [0, 0.05) is 6.42 Å². The molecule has 1 heterocycles. The van der Waals surface area contributed by atoms with Gasteiger partial charge in [-0.1, -0.05) is 213 Å². The molecule has 1 aliphatic heterocycles. The predicted octanol–water partition coefficient (Wildman–Crippen LogP) is 9.78. The average Bonchev–Trinajstić information content (AvgIpc) is 3.20. The van der Waals surface area contributed by atoms with E-state index in [1.807, 2.05) is 0 Å². The topological polar surface area (TPSA) is 192 Å². The first-order valence-electron chi connectivity index (χ1n) is 24.4. The van der Waals surface area contributed by atoms with Crippen molar-refractivity contribution >= 4 is 16.3 Å². The first-order valence-corrected chi connectivity index (χ1v) is 25.8. The zero-order valence-electron chi connectivity index (χ0n) is 37.6. The number of aliphatic hydroxyl groups is 4. The number of hydrogen-bond donors (Lipinski definition) is 6. The second-order valence-corrected chi connectivity index (χ2v) is 18.5. The molecule has 7 unspecified atom stereocenters. The van der Waals surface area contributed by atoms with Crippen LogP contribution in [0.2, 0.25) is 0 Å². The Morgan fingerprint density at radius 3 is 1.36 bits per heavy atom. The lowest BCUT2D eigenvalue weighted by Gasteiger charge is -2.41. The number of carbonyl (C=O) groups is 1. The van der Waals surface area contributed by atoms with Crippen molar-refractivity contribution in [1.82, 2.24) is 5.32 Å². The van der Waals surface area contributed by atoms with E-state index in [-0.39, 0.29) is 12.5 Å². The molecule has 0 bridgehead atoms. The number of ether oxygens (including phenoxy) is 2. The first kappa shape index (κ1) is 56.1. The van der Waals surface area contributed by atoms with Crippen molar-refractivity contribution in [1.29, 1.82) is 0 Å². The Balaban J connectivity index is 2.44. The summed E-state index contributed by atoms with van der Waals surface area (Å²) < 4.78 is 47.7. The summed E-state index contributed by atoms with van der Waals surface area (Å²) >= 11 is 0. The zero-order valence-corrected chi connectivity index (χ0v) is 38.4. The summed E-state index contributed by atoms with van der Waals surface area (Å²) in [6, 6.07) is -0.851. The monoisotopic (exact) mass is 866 g/mol. The van der Waals surface area contributed by atoms with Gasteiger partial charge in [0.05, 0.1) is 25.4 Å². The highest BCUT2D eigenvalue weighted by molar-refractivity contribution is 7.80. The lowest BCUT2D eigenvalue weighted by atomic mass is 9.99. The standard InChI is InChI=1S/C46H91NO11S/c1-3-5-7-9-11-13-15-17-18-19-20-21-22-24-25-27-29-31-33-35-40(49)39(38-56-46-44(52)45(58-59(53,54)55)43(51)41(37-48)57-46)47-42(50)36-34-32-30-28-26-23-16-14-12-10-8-6-4-2/h39-41,43-46,48-49,51-52H,3-38H2,1-2H3,(H,47,50)(H,53,54,55). The summed E-state index contributed by atoms with van der Waals surface area (Å²) in [4.78, 5) is 13.0. The lowest BCUT2D eigenvalue weighted by Crippen LogP contribution is -2.61. The van der Waals surface area contributed by atoms with Crippen LogP contribution >= 0.6 is 0 Å². The summed E-state index contributed by atoms with van der Waals surface area (Å²) in [5, 5.41) is 44.9. The third-order valence-electron chi connectivity index (χ3n) is 11.9. The molecular formula is C46H91NO11S. The molecule has 0 aliphatic carbocycles. The summed E-state index contributed by atoms with van der Waals surface area (Å²) in [5.74, 6) is -0.227. The minimum absolute atomic E-state index is 0.227. The van der Waals surface area contributed by atoms with Gasteiger partial charge >= 0.3 is 10.4 Å². The van der Waals surface area contributed by atoms with E-state index in [9.17, 15) is 38.2 Å². The van der Waals surface area contributed by atoms with E-state index < -0.39 is 59.9 Å². The van der Waals surface area contributed by atoms with Crippen LogP contribution in [0.1, 0.15) is 232 Å². The van der Waals surface area contributed by atoms with Crippen molar-refractivity contribution in [2.24, 2.45) is 0 Å². The molecule has 1 amide bonds. The number of rotatable bonds is 42. The van der Waals surface area contributed by atoms with Gasteiger partial charge in [-0.2, -0.15) is 8.42 Å². The summed E-state index contributed by atoms with van der Waals surface area (Å²) in [6.07, 6.45) is 31.0. The Morgan fingerprint density at radius 1 is 0.610 bits per heavy atom. The second-order valence-electron chi connectivity index (χ2n) is 17.4. The molecule has 0 aromatic rings. The summed E-state index contributed by atoms with van der Waals surface area (Å²) in [5.41, 5.74) is 0. The van der Waals surface area contributed by atoms with Gasteiger partial charge in [-0.25, -0.2) is 4.18 Å². The third-order valence-corrected chi connectivity index (χ3v) is 12.4. The Labute approximate surface area is 360 Å². The van der Waals surface area contributed by atoms with Gasteiger partial charge in [-0.15, -0.1) is 0 Å². The number of unbranched alkanes of at least 4 members (excludes halogenated alkanes) is 30. The van der Waals surface area contributed by atoms with Gasteiger partial charge in [0.2, 0.25) is 5.91 Å². The number of hydrogen-bond acceptors (Lipinski definition) is 10. The van der Waals surface area contributed by atoms with Gasteiger partial charge in [0.1, 0.15) is 24.4 Å². The average molecular weight is 866 g/mol. The molecule has 0 saturated carbocycles. The molecule has 0 aromatic carbocycles.